The molecule has 2 rings (SSSR count). The van der Waals surface area contributed by atoms with E-state index in [2.05, 4.69) is 4.98 Å². The van der Waals surface area contributed by atoms with Crippen LogP contribution in [0.5, 0.6) is 0 Å². The van der Waals surface area contributed by atoms with Gasteiger partial charge in [-0.2, -0.15) is 0 Å². The molecular formula is C12H12FNOS. The Kier molecular flexibility index (Phi) is 3.31. The molecule has 0 atom stereocenters. The summed E-state index contributed by atoms with van der Waals surface area (Å²) in [6.07, 6.45) is 0. The summed E-state index contributed by atoms with van der Waals surface area (Å²) in [5, 5.41) is 2.89. The molecule has 0 saturated carbocycles. The van der Waals surface area contributed by atoms with Gasteiger partial charge in [0.2, 0.25) is 0 Å². The monoisotopic (exact) mass is 237 g/mol. The van der Waals surface area contributed by atoms with Gasteiger partial charge in [-0.05, 0) is 30.7 Å². The summed E-state index contributed by atoms with van der Waals surface area (Å²) in [6.45, 7) is 2.27. The molecule has 4 heteroatoms. The minimum atomic E-state index is -0.184. The van der Waals surface area contributed by atoms with Crippen LogP contribution in [0.1, 0.15) is 10.6 Å². The maximum atomic E-state index is 13.1. The fourth-order valence-electron chi connectivity index (χ4n) is 1.44. The molecule has 0 N–H and O–H groups in total. The Morgan fingerprint density at radius 1 is 1.44 bits per heavy atom. The predicted octanol–water partition coefficient (Wildman–Crippen LogP) is 3.40. The average Bonchev–Trinajstić information content (AvgIpc) is 2.71. The summed E-state index contributed by atoms with van der Waals surface area (Å²) in [4.78, 5) is 4.41. The zero-order valence-corrected chi connectivity index (χ0v) is 9.97. The van der Waals surface area contributed by atoms with Gasteiger partial charge in [-0.15, -0.1) is 11.3 Å². The molecule has 2 nitrogen and oxygen atoms in total. The van der Waals surface area contributed by atoms with Crippen molar-refractivity contribution >= 4 is 11.3 Å². The molecule has 16 heavy (non-hydrogen) atoms. The Hall–Kier alpha value is -1.26. The molecule has 0 aliphatic rings. The third kappa shape index (κ3) is 2.28. The maximum Gasteiger partial charge on any atom is 0.126 e. The van der Waals surface area contributed by atoms with E-state index in [1.54, 1.807) is 37.5 Å². The molecule has 0 spiro atoms. The van der Waals surface area contributed by atoms with Crippen LogP contribution in [0.3, 0.4) is 0 Å². The number of benzene rings is 1. The first-order valence-corrected chi connectivity index (χ1v) is 5.78. The fraction of sp³-hybridized carbons (Fsp3) is 0.250. The highest BCUT2D eigenvalue weighted by molar-refractivity contribution is 7.09. The maximum absolute atomic E-state index is 13.1. The molecule has 0 saturated heterocycles. The Morgan fingerprint density at radius 2 is 2.25 bits per heavy atom. The topological polar surface area (TPSA) is 22.1 Å². The van der Waals surface area contributed by atoms with Crippen LogP contribution in [-0.2, 0) is 11.3 Å². The highest BCUT2D eigenvalue weighted by atomic mass is 32.1. The van der Waals surface area contributed by atoms with Crippen molar-refractivity contribution in [1.29, 1.82) is 0 Å². The van der Waals surface area contributed by atoms with Gasteiger partial charge >= 0.3 is 0 Å². The molecule has 84 valence electrons. The molecule has 1 aromatic carbocycles. The number of methoxy groups -OCH3 is 1. The number of ether oxygens (including phenoxy) is 1. The van der Waals surface area contributed by atoms with Gasteiger partial charge in [-0.1, -0.05) is 0 Å². The van der Waals surface area contributed by atoms with Crippen LogP contribution in [-0.4, -0.2) is 12.1 Å². The van der Waals surface area contributed by atoms with Crippen molar-refractivity contribution in [3.8, 4) is 11.3 Å². The van der Waals surface area contributed by atoms with Gasteiger partial charge in [-0.3, -0.25) is 0 Å². The van der Waals surface area contributed by atoms with Crippen molar-refractivity contribution in [3.63, 3.8) is 0 Å². The first-order chi connectivity index (χ1) is 7.70. The lowest BCUT2D eigenvalue weighted by atomic mass is 10.1. The summed E-state index contributed by atoms with van der Waals surface area (Å²) in [7, 11) is 1.64. The number of thiazole rings is 1. The molecule has 2 aromatic rings. The van der Waals surface area contributed by atoms with Crippen molar-refractivity contribution in [2.45, 2.75) is 13.5 Å². The van der Waals surface area contributed by atoms with E-state index in [1.165, 1.54) is 6.07 Å². The van der Waals surface area contributed by atoms with E-state index in [1.807, 2.05) is 5.38 Å². The van der Waals surface area contributed by atoms with Gasteiger partial charge in [0.05, 0.1) is 12.3 Å². The molecule has 0 fully saturated rings. The van der Waals surface area contributed by atoms with Gasteiger partial charge in [0.25, 0.3) is 0 Å². The number of hydrogen-bond acceptors (Lipinski definition) is 3. The van der Waals surface area contributed by atoms with Crippen LogP contribution in [0.4, 0.5) is 4.39 Å². The lowest BCUT2D eigenvalue weighted by molar-refractivity contribution is 0.184. The van der Waals surface area contributed by atoms with Crippen LogP contribution in [0.15, 0.2) is 23.6 Å². The second-order valence-electron chi connectivity index (χ2n) is 3.52. The van der Waals surface area contributed by atoms with E-state index < -0.39 is 0 Å². The molecule has 0 radical (unpaired) electrons. The number of halogens is 1. The van der Waals surface area contributed by atoms with Crippen molar-refractivity contribution < 1.29 is 9.13 Å². The predicted molar refractivity (Wildman–Crippen MR) is 63.0 cm³/mol. The standard InChI is InChI=1S/C12H12FNOS/c1-8-5-9(3-4-10(8)13)11-7-16-12(14-11)6-15-2/h3-5,7H,6H2,1-2H3. The summed E-state index contributed by atoms with van der Waals surface area (Å²) < 4.78 is 18.1. The molecule has 0 aliphatic heterocycles. The van der Waals surface area contributed by atoms with Crippen molar-refractivity contribution in [1.82, 2.24) is 4.98 Å². The first kappa shape index (κ1) is 11.2. The SMILES string of the molecule is COCc1nc(-c2ccc(F)c(C)c2)cs1. The van der Waals surface area contributed by atoms with Crippen LogP contribution < -0.4 is 0 Å². The molecule has 1 heterocycles. The Morgan fingerprint density at radius 3 is 2.94 bits per heavy atom. The number of hydrogen-bond donors (Lipinski definition) is 0. The zero-order valence-electron chi connectivity index (χ0n) is 9.16. The van der Waals surface area contributed by atoms with Gasteiger partial charge in [0, 0.05) is 18.1 Å². The molecule has 0 amide bonds. The minimum Gasteiger partial charge on any atom is -0.378 e. The van der Waals surface area contributed by atoms with E-state index >= 15 is 0 Å². The van der Waals surface area contributed by atoms with Gasteiger partial charge in [0.1, 0.15) is 10.8 Å². The normalized spacial score (nSPS) is 10.7. The lowest BCUT2D eigenvalue weighted by Crippen LogP contribution is -1.87. The Labute approximate surface area is 97.7 Å². The van der Waals surface area contributed by atoms with Gasteiger partial charge < -0.3 is 4.74 Å². The highest BCUT2D eigenvalue weighted by Crippen LogP contribution is 2.24. The van der Waals surface area contributed by atoms with E-state index in [0.29, 0.717) is 12.2 Å². The summed E-state index contributed by atoms with van der Waals surface area (Å²) in [5.41, 5.74) is 2.46. The lowest BCUT2D eigenvalue weighted by Gasteiger charge is -2.00. The molecule has 0 bridgehead atoms. The first-order valence-electron chi connectivity index (χ1n) is 4.90. The van der Waals surface area contributed by atoms with Crippen LogP contribution in [0.25, 0.3) is 11.3 Å². The molecule has 0 unspecified atom stereocenters. The minimum absolute atomic E-state index is 0.184. The van der Waals surface area contributed by atoms with Crippen LogP contribution >= 0.6 is 11.3 Å². The summed E-state index contributed by atoms with van der Waals surface area (Å²) in [5.74, 6) is -0.184. The number of aryl methyl sites for hydroxylation is 1. The average molecular weight is 237 g/mol. The number of aromatic nitrogens is 1. The van der Waals surface area contributed by atoms with Gasteiger partial charge in [-0.25, -0.2) is 9.37 Å². The van der Waals surface area contributed by atoms with Crippen molar-refractivity contribution in [2.24, 2.45) is 0 Å². The molecular weight excluding hydrogens is 225 g/mol. The summed E-state index contributed by atoms with van der Waals surface area (Å²) >= 11 is 1.55. The van der Waals surface area contributed by atoms with Gasteiger partial charge in [0.15, 0.2) is 0 Å². The smallest absolute Gasteiger partial charge is 0.126 e. The van der Waals surface area contributed by atoms with Crippen LogP contribution in [0, 0.1) is 12.7 Å². The van der Waals surface area contributed by atoms with Crippen LogP contribution in [0.2, 0.25) is 0 Å². The third-order valence-corrected chi connectivity index (χ3v) is 3.10. The Balaban J connectivity index is 2.31. The number of nitrogens with zero attached hydrogens (tertiary/aromatic N) is 1. The summed E-state index contributed by atoms with van der Waals surface area (Å²) in [6, 6.07) is 5.02. The van der Waals surface area contributed by atoms with E-state index in [4.69, 9.17) is 4.74 Å². The highest BCUT2D eigenvalue weighted by Gasteiger charge is 2.06. The molecule has 0 aliphatic carbocycles. The van der Waals surface area contributed by atoms with Crippen molar-refractivity contribution in [2.75, 3.05) is 7.11 Å². The number of rotatable bonds is 3. The van der Waals surface area contributed by atoms with E-state index in [-0.39, 0.29) is 5.82 Å². The van der Waals surface area contributed by atoms with Crippen molar-refractivity contribution in [3.05, 3.63) is 40.0 Å². The zero-order chi connectivity index (χ0) is 11.5. The second-order valence-corrected chi connectivity index (χ2v) is 4.47. The Bertz CT molecular complexity index is 496. The van der Waals surface area contributed by atoms with E-state index in [0.717, 1.165) is 16.3 Å². The third-order valence-electron chi connectivity index (χ3n) is 2.27. The largest absolute Gasteiger partial charge is 0.378 e. The fourth-order valence-corrected chi connectivity index (χ4v) is 2.21. The quantitative estimate of drug-likeness (QED) is 0.816. The van der Waals surface area contributed by atoms with E-state index in [9.17, 15) is 4.39 Å². The second kappa shape index (κ2) is 4.72. The molecule has 1 aromatic heterocycles.